The summed E-state index contributed by atoms with van der Waals surface area (Å²) in [5.41, 5.74) is 12.3. The van der Waals surface area contributed by atoms with E-state index in [1.807, 2.05) is 18.2 Å². The van der Waals surface area contributed by atoms with Crippen LogP contribution in [-0.4, -0.2) is 12.6 Å². The Morgan fingerprint density at radius 3 is 2.36 bits per heavy atom. The largest absolute Gasteiger partial charge is 0.329 e. The molecule has 0 spiro atoms. The maximum atomic E-state index is 5.68. The molecule has 0 saturated carbocycles. The van der Waals surface area contributed by atoms with Gasteiger partial charge in [-0.2, -0.15) is 0 Å². The SMILES string of the molecule is NCC(N)Cc1ccccc1. The Hall–Kier alpha value is -0.860. The van der Waals surface area contributed by atoms with Crippen molar-refractivity contribution in [3.8, 4) is 0 Å². The second-order valence-corrected chi connectivity index (χ2v) is 2.69. The highest BCUT2D eigenvalue weighted by atomic mass is 14.7. The lowest BCUT2D eigenvalue weighted by atomic mass is 10.1. The number of nitrogens with two attached hydrogens (primary N) is 2. The van der Waals surface area contributed by atoms with Crippen LogP contribution in [0, 0.1) is 0 Å². The Morgan fingerprint density at radius 1 is 1.18 bits per heavy atom. The maximum absolute atomic E-state index is 5.68. The minimum Gasteiger partial charge on any atom is -0.329 e. The van der Waals surface area contributed by atoms with Gasteiger partial charge < -0.3 is 11.5 Å². The van der Waals surface area contributed by atoms with E-state index in [1.54, 1.807) is 0 Å². The average Bonchev–Trinajstić information content (AvgIpc) is 2.06. The first kappa shape index (κ1) is 8.24. The maximum Gasteiger partial charge on any atom is 0.0203 e. The van der Waals surface area contributed by atoms with E-state index in [9.17, 15) is 0 Å². The third kappa shape index (κ3) is 2.70. The summed E-state index contributed by atoms with van der Waals surface area (Å²) in [7, 11) is 0. The van der Waals surface area contributed by atoms with Crippen molar-refractivity contribution in [3.05, 3.63) is 35.9 Å². The van der Waals surface area contributed by atoms with Gasteiger partial charge in [-0.25, -0.2) is 0 Å². The van der Waals surface area contributed by atoms with Crippen LogP contribution in [0.25, 0.3) is 0 Å². The molecule has 0 fully saturated rings. The van der Waals surface area contributed by atoms with Gasteiger partial charge in [-0.05, 0) is 12.0 Å². The molecule has 0 radical (unpaired) electrons. The summed E-state index contributed by atoms with van der Waals surface area (Å²) < 4.78 is 0. The molecule has 4 N–H and O–H groups in total. The second kappa shape index (κ2) is 4.11. The highest BCUT2D eigenvalue weighted by Crippen LogP contribution is 2.00. The summed E-state index contributed by atoms with van der Waals surface area (Å²) in [5.74, 6) is 0. The molecule has 0 aliphatic carbocycles. The molecule has 1 aromatic rings. The molecule has 0 bridgehead atoms. The van der Waals surface area contributed by atoms with E-state index in [1.165, 1.54) is 5.56 Å². The van der Waals surface area contributed by atoms with E-state index in [2.05, 4.69) is 12.1 Å². The van der Waals surface area contributed by atoms with Crippen molar-refractivity contribution in [1.29, 1.82) is 0 Å². The third-order valence-corrected chi connectivity index (χ3v) is 1.64. The fourth-order valence-corrected chi connectivity index (χ4v) is 1.00. The van der Waals surface area contributed by atoms with Gasteiger partial charge in [-0.15, -0.1) is 0 Å². The molecule has 1 unspecified atom stereocenters. The molecular formula is C9H14N2. The zero-order chi connectivity index (χ0) is 8.10. The van der Waals surface area contributed by atoms with Crippen LogP contribution in [0.5, 0.6) is 0 Å². The molecule has 0 saturated heterocycles. The quantitative estimate of drug-likeness (QED) is 0.659. The monoisotopic (exact) mass is 150 g/mol. The van der Waals surface area contributed by atoms with Crippen LogP contribution in [0.3, 0.4) is 0 Å². The van der Waals surface area contributed by atoms with Gasteiger partial charge in [0.2, 0.25) is 0 Å². The van der Waals surface area contributed by atoms with Crippen LogP contribution in [0.2, 0.25) is 0 Å². The van der Waals surface area contributed by atoms with Gasteiger partial charge >= 0.3 is 0 Å². The fourth-order valence-electron chi connectivity index (χ4n) is 1.00. The van der Waals surface area contributed by atoms with Gasteiger partial charge in [0.15, 0.2) is 0 Å². The molecule has 1 atom stereocenters. The van der Waals surface area contributed by atoms with Gasteiger partial charge in [0.25, 0.3) is 0 Å². The van der Waals surface area contributed by atoms with Crippen LogP contribution in [0.1, 0.15) is 5.56 Å². The van der Waals surface area contributed by atoms with E-state index >= 15 is 0 Å². The molecule has 0 aliphatic heterocycles. The normalized spacial score (nSPS) is 12.9. The summed E-state index contributed by atoms with van der Waals surface area (Å²) in [6.45, 7) is 0.550. The summed E-state index contributed by atoms with van der Waals surface area (Å²) in [6.07, 6.45) is 0.872. The van der Waals surface area contributed by atoms with Crippen molar-refractivity contribution in [1.82, 2.24) is 0 Å². The first-order valence-corrected chi connectivity index (χ1v) is 3.82. The molecule has 1 aromatic carbocycles. The number of hydrogen-bond acceptors (Lipinski definition) is 2. The Labute approximate surface area is 67.2 Å². The third-order valence-electron chi connectivity index (χ3n) is 1.64. The van der Waals surface area contributed by atoms with Gasteiger partial charge in [0, 0.05) is 12.6 Å². The van der Waals surface area contributed by atoms with Crippen molar-refractivity contribution in [2.24, 2.45) is 11.5 Å². The predicted molar refractivity (Wildman–Crippen MR) is 47.2 cm³/mol. The molecule has 2 nitrogen and oxygen atoms in total. The van der Waals surface area contributed by atoms with E-state index in [0.717, 1.165) is 6.42 Å². The average molecular weight is 150 g/mol. The van der Waals surface area contributed by atoms with E-state index in [0.29, 0.717) is 6.54 Å². The van der Waals surface area contributed by atoms with E-state index in [4.69, 9.17) is 11.5 Å². The van der Waals surface area contributed by atoms with Crippen molar-refractivity contribution < 1.29 is 0 Å². The van der Waals surface area contributed by atoms with Crippen LogP contribution in [-0.2, 0) is 6.42 Å². The number of hydrogen-bond donors (Lipinski definition) is 2. The Morgan fingerprint density at radius 2 is 1.82 bits per heavy atom. The lowest BCUT2D eigenvalue weighted by molar-refractivity contribution is 0.678. The van der Waals surface area contributed by atoms with E-state index < -0.39 is 0 Å². The zero-order valence-corrected chi connectivity index (χ0v) is 6.53. The van der Waals surface area contributed by atoms with Crippen molar-refractivity contribution in [3.63, 3.8) is 0 Å². The number of benzene rings is 1. The van der Waals surface area contributed by atoms with E-state index in [-0.39, 0.29) is 6.04 Å². The molecule has 0 aromatic heterocycles. The van der Waals surface area contributed by atoms with Crippen LogP contribution in [0.4, 0.5) is 0 Å². The molecule has 0 amide bonds. The molecule has 0 aliphatic rings. The zero-order valence-electron chi connectivity index (χ0n) is 6.53. The van der Waals surface area contributed by atoms with Crippen molar-refractivity contribution in [2.45, 2.75) is 12.5 Å². The Bertz CT molecular complexity index is 196. The summed E-state index contributed by atoms with van der Waals surface area (Å²) in [4.78, 5) is 0. The smallest absolute Gasteiger partial charge is 0.0203 e. The van der Waals surface area contributed by atoms with Gasteiger partial charge in [0.05, 0.1) is 0 Å². The minimum atomic E-state index is 0.0948. The Balaban J connectivity index is 2.51. The van der Waals surface area contributed by atoms with Gasteiger partial charge in [-0.1, -0.05) is 30.3 Å². The standard InChI is InChI=1S/C9H14N2/c10-7-9(11)6-8-4-2-1-3-5-8/h1-5,9H,6-7,10-11H2. The van der Waals surface area contributed by atoms with Crippen molar-refractivity contribution in [2.75, 3.05) is 6.54 Å². The highest BCUT2D eigenvalue weighted by Gasteiger charge is 1.99. The van der Waals surface area contributed by atoms with Crippen LogP contribution < -0.4 is 11.5 Å². The number of rotatable bonds is 3. The van der Waals surface area contributed by atoms with Crippen molar-refractivity contribution >= 4 is 0 Å². The second-order valence-electron chi connectivity index (χ2n) is 2.69. The minimum absolute atomic E-state index is 0.0948. The summed E-state index contributed by atoms with van der Waals surface area (Å²) in [5, 5.41) is 0. The Kier molecular flexibility index (Phi) is 3.08. The van der Waals surface area contributed by atoms with Crippen LogP contribution in [0.15, 0.2) is 30.3 Å². The molecule has 60 valence electrons. The molecule has 0 heterocycles. The lowest BCUT2D eigenvalue weighted by Gasteiger charge is -2.07. The van der Waals surface area contributed by atoms with Crippen LogP contribution >= 0.6 is 0 Å². The lowest BCUT2D eigenvalue weighted by Crippen LogP contribution is -2.31. The predicted octanol–water partition coefficient (Wildman–Crippen LogP) is 0.515. The summed E-state index contributed by atoms with van der Waals surface area (Å²) >= 11 is 0. The highest BCUT2D eigenvalue weighted by molar-refractivity contribution is 5.15. The first-order chi connectivity index (χ1) is 5.33. The molecule has 11 heavy (non-hydrogen) atoms. The fraction of sp³-hybridized carbons (Fsp3) is 0.333. The first-order valence-electron chi connectivity index (χ1n) is 3.82. The topological polar surface area (TPSA) is 52.0 Å². The molecular weight excluding hydrogens is 136 g/mol. The molecule has 1 rings (SSSR count). The van der Waals surface area contributed by atoms with Gasteiger partial charge in [-0.3, -0.25) is 0 Å². The van der Waals surface area contributed by atoms with Gasteiger partial charge in [0.1, 0.15) is 0 Å². The molecule has 2 heteroatoms. The summed E-state index contributed by atoms with van der Waals surface area (Å²) in [6, 6.07) is 10.2.